The molecule has 3 heterocycles. The molecule has 0 atom stereocenters. The SMILES string of the molecule is O=C(O)/C=C/C(=O)O.c1ccc(N2CCN(CCCN=C3CCc4ccccc4N3)CC2)nc1. The van der Waals surface area contributed by atoms with Crippen molar-refractivity contribution in [3.05, 3.63) is 66.4 Å². The molecule has 180 valence electrons. The molecule has 3 N–H and O–H groups in total. The number of rotatable bonds is 7. The van der Waals surface area contributed by atoms with Crippen LogP contribution in [0.4, 0.5) is 11.5 Å². The fourth-order valence-electron chi connectivity index (χ4n) is 3.84. The minimum atomic E-state index is -1.26. The van der Waals surface area contributed by atoms with Gasteiger partial charge in [0.05, 0.1) is 0 Å². The molecule has 0 unspecified atom stereocenters. The van der Waals surface area contributed by atoms with Crippen molar-refractivity contribution in [2.45, 2.75) is 19.3 Å². The highest BCUT2D eigenvalue weighted by Gasteiger charge is 2.17. The highest BCUT2D eigenvalue weighted by molar-refractivity contribution is 5.98. The minimum Gasteiger partial charge on any atom is -0.478 e. The highest BCUT2D eigenvalue weighted by atomic mass is 16.4. The van der Waals surface area contributed by atoms with E-state index in [9.17, 15) is 9.59 Å². The van der Waals surface area contributed by atoms with Crippen molar-refractivity contribution < 1.29 is 19.8 Å². The van der Waals surface area contributed by atoms with Gasteiger partial charge in [0.1, 0.15) is 11.7 Å². The number of nitrogens with zero attached hydrogens (tertiary/aromatic N) is 4. The van der Waals surface area contributed by atoms with Crippen LogP contribution in [-0.4, -0.2) is 77.1 Å². The fraction of sp³-hybridized carbons (Fsp3) is 0.360. The number of aliphatic imine (C=N–C) groups is 1. The molecule has 4 rings (SSSR count). The number of para-hydroxylation sites is 1. The van der Waals surface area contributed by atoms with Crippen molar-refractivity contribution in [2.75, 3.05) is 49.5 Å². The number of piperazine rings is 1. The summed E-state index contributed by atoms with van der Waals surface area (Å²) in [5.74, 6) is -0.273. The number of pyridine rings is 1. The summed E-state index contributed by atoms with van der Waals surface area (Å²) < 4.78 is 0. The van der Waals surface area contributed by atoms with Gasteiger partial charge in [0.15, 0.2) is 0 Å². The average Bonchev–Trinajstić information content (AvgIpc) is 2.86. The van der Waals surface area contributed by atoms with E-state index in [1.54, 1.807) is 0 Å². The molecule has 2 aromatic rings. The second-order valence-electron chi connectivity index (χ2n) is 7.99. The van der Waals surface area contributed by atoms with Crippen LogP contribution in [0.3, 0.4) is 0 Å². The van der Waals surface area contributed by atoms with E-state index in [0.29, 0.717) is 12.2 Å². The molecule has 0 saturated carbocycles. The van der Waals surface area contributed by atoms with Crippen molar-refractivity contribution >= 4 is 29.3 Å². The normalized spacial score (nSPS) is 16.9. The first-order valence-electron chi connectivity index (χ1n) is 11.4. The zero-order valence-corrected chi connectivity index (χ0v) is 19.1. The van der Waals surface area contributed by atoms with Crippen LogP contribution in [0, 0.1) is 0 Å². The molecular weight excluding hydrogens is 434 g/mol. The lowest BCUT2D eigenvalue weighted by atomic mass is 10.0. The predicted molar refractivity (Wildman–Crippen MR) is 133 cm³/mol. The van der Waals surface area contributed by atoms with E-state index in [1.807, 2.05) is 12.3 Å². The summed E-state index contributed by atoms with van der Waals surface area (Å²) in [6, 6.07) is 14.7. The van der Waals surface area contributed by atoms with Crippen LogP contribution in [-0.2, 0) is 16.0 Å². The minimum absolute atomic E-state index is 0.558. The smallest absolute Gasteiger partial charge is 0.328 e. The number of carboxylic acids is 2. The summed E-state index contributed by atoms with van der Waals surface area (Å²) >= 11 is 0. The molecule has 0 radical (unpaired) electrons. The van der Waals surface area contributed by atoms with Crippen LogP contribution in [0.2, 0.25) is 0 Å². The largest absolute Gasteiger partial charge is 0.478 e. The van der Waals surface area contributed by atoms with Gasteiger partial charge in [-0.3, -0.25) is 9.89 Å². The summed E-state index contributed by atoms with van der Waals surface area (Å²) in [6.45, 7) is 6.37. The summed E-state index contributed by atoms with van der Waals surface area (Å²) in [5.41, 5.74) is 2.63. The number of aryl methyl sites for hydroxylation is 1. The van der Waals surface area contributed by atoms with E-state index in [4.69, 9.17) is 15.2 Å². The standard InChI is InChI=1S/C21H27N5.C4H4O4/c1-2-7-19-18(6-1)9-10-20(24-19)22-12-5-13-25-14-16-26(17-15-25)21-8-3-4-11-23-21;5-3(6)1-2-4(7)8/h1-4,6-8,11H,5,9-10,12-17H2,(H,22,24);1-2H,(H,5,6)(H,7,8)/b;2-1+. The van der Waals surface area contributed by atoms with Crippen LogP contribution in [0.5, 0.6) is 0 Å². The third-order valence-corrected chi connectivity index (χ3v) is 5.58. The topological polar surface area (TPSA) is 118 Å². The summed E-state index contributed by atoms with van der Waals surface area (Å²) in [5, 5.41) is 19.1. The third-order valence-electron chi connectivity index (χ3n) is 5.58. The fourth-order valence-corrected chi connectivity index (χ4v) is 3.84. The molecule has 0 spiro atoms. The van der Waals surface area contributed by atoms with Gasteiger partial charge in [0.25, 0.3) is 0 Å². The second kappa shape index (κ2) is 13.1. The van der Waals surface area contributed by atoms with Crippen LogP contribution in [0.1, 0.15) is 18.4 Å². The van der Waals surface area contributed by atoms with Gasteiger partial charge >= 0.3 is 11.9 Å². The second-order valence-corrected chi connectivity index (χ2v) is 7.99. The summed E-state index contributed by atoms with van der Waals surface area (Å²) in [4.78, 5) is 33.3. The lowest BCUT2D eigenvalue weighted by molar-refractivity contribution is -0.134. The molecule has 34 heavy (non-hydrogen) atoms. The molecule has 1 fully saturated rings. The highest BCUT2D eigenvalue weighted by Crippen LogP contribution is 2.22. The Morgan fingerprint density at radius 1 is 0.971 bits per heavy atom. The van der Waals surface area contributed by atoms with Gasteiger partial charge in [0, 0.05) is 69.7 Å². The quantitative estimate of drug-likeness (QED) is 0.422. The van der Waals surface area contributed by atoms with Crippen molar-refractivity contribution in [1.82, 2.24) is 9.88 Å². The van der Waals surface area contributed by atoms with Gasteiger partial charge in [-0.15, -0.1) is 0 Å². The van der Waals surface area contributed by atoms with Crippen LogP contribution < -0.4 is 10.2 Å². The number of hydrogen-bond donors (Lipinski definition) is 3. The number of aliphatic carboxylic acids is 2. The van der Waals surface area contributed by atoms with Crippen LogP contribution in [0.15, 0.2) is 65.8 Å². The van der Waals surface area contributed by atoms with Crippen molar-refractivity contribution in [3.8, 4) is 0 Å². The van der Waals surface area contributed by atoms with Crippen LogP contribution >= 0.6 is 0 Å². The molecule has 1 aromatic heterocycles. The molecule has 2 aliphatic heterocycles. The van der Waals surface area contributed by atoms with E-state index >= 15 is 0 Å². The predicted octanol–water partition coefficient (Wildman–Crippen LogP) is 2.76. The van der Waals surface area contributed by atoms with Crippen molar-refractivity contribution in [3.63, 3.8) is 0 Å². The van der Waals surface area contributed by atoms with Gasteiger partial charge < -0.3 is 20.4 Å². The number of amidine groups is 1. The van der Waals surface area contributed by atoms with Gasteiger partial charge in [-0.25, -0.2) is 14.6 Å². The van der Waals surface area contributed by atoms with Gasteiger partial charge in [-0.1, -0.05) is 24.3 Å². The number of carbonyl (C=O) groups is 2. The van der Waals surface area contributed by atoms with Gasteiger partial charge in [-0.05, 0) is 36.6 Å². The lowest BCUT2D eigenvalue weighted by Crippen LogP contribution is -2.47. The van der Waals surface area contributed by atoms with E-state index in [2.05, 4.69) is 56.5 Å². The maximum absolute atomic E-state index is 9.55. The van der Waals surface area contributed by atoms with E-state index < -0.39 is 11.9 Å². The molecule has 0 aliphatic carbocycles. The number of anilines is 2. The molecule has 2 aliphatic rings. The third kappa shape index (κ3) is 8.32. The van der Waals surface area contributed by atoms with E-state index in [1.165, 1.54) is 11.3 Å². The number of nitrogens with one attached hydrogen (secondary N) is 1. The Hall–Kier alpha value is -3.72. The Labute approximate surface area is 199 Å². The molecule has 1 aromatic carbocycles. The average molecular weight is 466 g/mol. The van der Waals surface area contributed by atoms with Gasteiger partial charge in [0.2, 0.25) is 0 Å². The molecule has 9 nitrogen and oxygen atoms in total. The number of carboxylic acid groups (broad SMARTS) is 2. The molecule has 1 saturated heterocycles. The summed E-state index contributed by atoms with van der Waals surface area (Å²) in [6.07, 6.45) is 6.23. The zero-order chi connectivity index (χ0) is 24.2. The number of fused-ring (bicyclic) bond motifs is 1. The van der Waals surface area contributed by atoms with Gasteiger partial charge in [-0.2, -0.15) is 0 Å². The monoisotopic (exact) mass is 465 g/mol. The maximum Gasteiger partial charge on any atom is 0.328 e. The Kier molecular flexibility index (Phi) is 9.60. The number of benzene rings is 1. The van der Waals surface area contributed by atoms with E-state index in [0.717, 1.165) is 70.2 Å². The molecular formula is C25H31N5O4. The maximum atomic E-state index is 9.55. The first-order valence-corrected chi connectivity index (χ1v) is 11.4. The lowest BCUT2D eigenvalue weighted by Gasteiger charge is -2.35. The zero-order valence-electron chi connectivity index (χ0n) is 19.1. The van der Waals surface area contributed by atoms with Crippen molar-refractivity contribution in [2.24, 2.45) is 4.99 Å². The Bertz CT molecular complexity index is 985. The molecule has 9 heteroatoms. The van der Waals surface area contributed by atoms with Crippen LogP contribution in [0.25, 0.3) is 0 Å². The first-order chi connectivity index (χ1) is 16.5. The first kappa shape index (κ1) is 24.9. The Morgan fingerprint density at radius 3 is 2.35 bits per heavy atom. The number of aromatic nitrogens is 1. The van der Waals surface area contributed by atoms with Crippen molar-refractivity contribution in [1.29, 1.82) is 0 Å². The molecule has 0 amide bonds. The van der Waals surface area contributed by atoms with E-state index in [-0.39, 0.29) is 0 Å². The summed E-state index contributed by atoms with van der Waals surface area (Å²) in [7, 11) is 0. The Balaban J connectivity index is 0.000000350. The molecule has 0 bridgehead atoms. The Morgan fingerprint density at radius 2 is 1.68 bits per heavy atom. The number of hydrogen-bond acceptors (Lipinski definition) is 6.